The number of carbonyl (C=O) groups excluding carboxylic acids is 2. The predicted octanol–water partition coefficient (Wildman–Crippen LogP) is 3.85. The summed E-state index contributed by atoms with van der Waals surface area (Å²) < 4.78 is 0. The third-order valence-electron chi connectivity index (χ3n) is 3.91. The Hall–Kier alpha value is -2.27. The third kappa shape index (κ3) is 4.17. The molecule has 0 unspecified atom stereocenters. The summed E-state index contributed by atoms with van der Waals surface area (Å²) in [6.07, 6.45) is 1.49. The summed E-state index contributed by atoms with van der Waals surface area (Å²) in [6.45, 7) is 2.79. The first-order valence-electron chi connectivity index (χ1n) is 8.01. The van der Waals surface area contributed by atoms with Crippen molar-refractivity contribution in [1.82, 2.24) is 0 Å². The van der Waals surface area contributed by atoms with Crippen LogP contribution in [0.15, 0.2) is 53.4 Å². The number of hydrogen-bond donors (Lipinski definition) is 1. The van der Waals surface area contributed by atoms with Gasteiger partial charge in [-0.15, -0.1) is 11.8 Å². The molecule has 4 nitrogen and oxygen atoms in total. The molecule has 1 N–H and O–H groups in total. The molecule has 0 saturated carbocycles. The average molecular weight is 340 g/mol. The topological polar surface area (TPSA) is 49.4 Å². The molecule has 2 aromatic rings. The highest BCUT2D eigenvalue weighted by Crippen LogP contribution is 2.24. The van der Waals surface area contributed by atoms with Gasteiger partial charge in [0.15, 0.2) is 0 Å². The van der Waals surface area contributed by atoms with Crippen LogP contribution in [0.1, 0.15) is 18.4 Å². The van der Waals surface area contributed by atoms with E-state index in [1.807, 2.05) is 55.5 Å². The lowest BCUT2D eigenvalue weighted by Gasteiger charge is -2.16. The van der Waals surface area contributed by atoms with Gasteiger partial charge in [-0.05, 0) is 43.7 Å². The van der Waals surface area contributed by atoms with Crippen LogP contribution < -0.4 is 10.2 Å². The molecular formula is C19H20N2O2S. The molecule has 2 amide bonds. The molecule has 24 heavy (non-hydrogen) atoms. The molecule has 0 aliphatic carbocycles. The van der Waals surface area contributed by atoms with E-state index in [9.17, 15) is 9.59 Å². The van der Waals surface area contributed by atoms with Gasteiger partial charge >= 0.3 is 0 Å². The molecule has 2 aromatic carbocycles. The van der Waals surface area contributed by atoms with Crippen molar-refractivity contribution in [2.45, 2.75) is 24.7 Å². The van der Waals surface area contributed by atoms with Crippen molar-refractivity contribution in [3.8, 4) is 0 Å². The van der Waals surface area contributed by atoms with Gasteiger partial charge in [-0.3, -0.25) is 9.59 Å². The van der Waals surface area contributed by atoms with Crippen molar-refractivity contribution in [1.29, 1.82) is 0 Å². The Labute approximate surface area is 146 Å². The zero-order chi connectivity index (χ0) is 16.9. The molecule has 1 aliphatic rings. The molecule has 0 radical (unpaired) electrons. The van der Waals surface area contributed by atoms with Crippen LogP contribution in [0.2, 0.25) is 0 Å². The number of amides is 2. The summed E-state index contributed by atoms with van der Waals surface area (Å²) in [5.41, 5.74) is 2.78. The van der Waals surface area contributed by atoms with Crippen LogP contribution in [-0.4, -0.2) is 24.1 Å². The second kappa shape index (κ2) is 7.53. The van der Waals surface area contributed by atoms with Crippen molar-refractivity contribution in [3.05, 3.63) is 54.1 Å². The minimum atomic E-state index is -0.0505. The van der Waals surface area contributed by atoms with Crippen LogP contribution in [0.4, 0.5) is 11.4 Å². The Morgan fingerprint density at radius 3 is 2.71 bits per heavy atom. The Morgan fingerprint density at radius 1 is 1.21 bits per heavy atom. The van der Waals surface area contributed by atoms with E-state index in [2.05, 4.69) is 5.32 Å². The van der Waals surface area contributed by atoms with Gasteiger partial charge in [0.2, 0.25) is 11.8 Å². The molecular weight excluding hydrogens is 320 g/mol. The van der Waals surface area contributed by atoms with Gasteiger partial charge in [0, 0.05) is 29.2 Å². The van der Waals surface area contributed by atoms with Gasteiger partial charge in [0.25, 0.3) is 0 Å². The number of carbonyl (C=O) groups is 2. The van der Waals surface area contributed by atoms with Crippen LogP contribution in [0.25, 0.3) is 0 Å². The molecule has 1 heterocycles. The van der Waals surface area contributed by atoms with Crippen LogP contribution >= 0.6 is 11.8 Å². The Balaban J connectivity index is 1.58. The maximum atomic E-state index is 12.1. The van der Waals surface area contributed by atoms with Gasteiger partial charge in [-0.2, -0.15) is 0 Å². The van der Waals surface area contributed by atoms with E-state index in [1.54, 1.807) is 4.90 Å². The van der Waals surface area contributed by atoms with E-state index >= 15 is 0 Å². The average Bonchev–Trinajstić information content (AvgIpc) is 3.01. The SMILES string of the molecule is Cc1ccc(SCC(=O)Nc2cccc(N3CCCC3=O)c2)cc1. The first-order chi connectivity index (χ1) is 11.6. The molecule has 0 aromatic heterocycles. The molecule has 1 saturated heterocycles. The number of aryl methyl sites for hydroxylation is 1. The lowest BCUT2D eigenvalue weighted by atomic mass is 10.2. The predicted molar refractivity (Wildman–Crippen MR) is 98.6 cm³/mol. The second-order valence-electron chi connectivity index (χ2n) is 5.85. The van der Waals surface area contributed by atoms with Crippen LogP contribution in [-0.2, 0) is 9.59 Å². The lowest BCUT2D eigenvalue weighted by molar-refractivity contribution is -0.117. The van der Waals surface area contributed by atoms with E-state index in [0.717, 1.165) is 29.2 Å². The largest absolute Gasteiger partial charge is 0.325 e. The van der Waals surface area contributed by atoms with Crippen molar-refractivity contribution >= 4 is 35.0 Å². The van der Waals surface area contributed by atoms with E-state index in [-0.39, 0.29) is 11.8 Å². The summed E-state index contributed by atoms with van der Waals surface area (Å²) >= 11 is 1.51. The first-order valence-corrected chi connectivity index (χ1v) is 9.00. The smallest absolute Gasteiger partial charge is 0.234 e. The Bertz CT molecular complexity index is 743. The molecule has 3 rings (SSSR count). The van der Waals surface area contributed by atoms with Crippen LogP contribution in [0, 0.1) is 6.92 Å². The monoisotopic (exact) mass is 340 g/mol. The highest BCUT2D eigenvalue weighted by Gasteiger charge is 2.21. The number of anilines is 2. The quantitative estimate of drug-likeness (QED) is 0.841. The van der Waals surface area contributed by atoms with Gasteiger partial charge in [-0.25, -0.2) is 0 Å². The zero-order valence-corrected chi connectivity index (χ0v) is 14.4. The lowest BCUT2D eigenvalue weighted by Crippen LogP contribution is -2.23. The number of benzene rings is 2. The molecule has 5 heteroatoms. The number of nitrogens with one attached hydrogen (secondary N) is 1. The summed E-state index contributed by atoms with van der Waals surface area (Å²) in [4.78, 5) is 26.8. The fourth-order valence-electron chi connectivity index (χ4n) is 2.65. The van der Waals surface area contributed by atoms with Crippen molar-refractivity contribution in [2.24, 2.45) is 0 Å². The van der Waals surface area contributed by atoms with Gasteiger partial charge in [-0.1, -0.05) is 23.8 Å². The number of rotatable bonds is 5. The Kier molecular flexibility index (Phi) is 5.20. The summed E-state index contributed by atoms with van der Waals surface area (Å²) in [5, 5.41) is 2.90. The molecule has 0 bridgehead atoms. The summed E-state index contributed by atoms with van der Waals surface area (Å²) in [5.74, 6) is 0.453. The minimum Gasteiger partial charge on any atom is -0.325 e. The van der Waals surface area contributed by atoms with E-state index in [0.29, 0.717) is 12.2 Å². The molecule has 1 aliphatic heterocycles. The maximum absolute atomic E-state index is 12.1. The maximum Gasteiger partial charge on any atom is 0.234 e. The van der Waals surface area contributed by atoms with Crippen LogP contribution in [0.5, 0.6) is 0 Å². The second-order valence-corrected chi connectivity index (χ2v) is 6.90. The molecule has 1 fully saturated rings. The minimum absolute atomic E-state index is 0.0505. The van der Waals surface area contributed by atoms with E-state index in [4.69, 9.17) is 0 Å². The fraction of sp³-hybridized carbons (Fsp3) is 0.263. The van der Waals surface area contributed by atoms with Gasteiger partial charge in [0.1, 0.15) is 0 Å². The molecule has 0 atom stereocenters. The normalized spacial score (nSPS) is 14.0. The van der Waals surface area contributed by atoms with Crippen molar-refractivity contribution < 1.29 is 9.59 Å². The highest BCUT2D eigenvalue weighted by molar-refractivity contribution is 8.00. The summed E-state index contributed by atoms with van der Waals surface area (Å²) in [6, 6.07) is 15.6. The standard InChI is InChI=1S/C19H20N2O2S/c1-14-7-9-17(10-8-14)24-13-18(22)20-15-4-2-5-16(12-15)21-11-3-6-19(21)23/h2,4-5,7-10,12H,3,6,11,13H2,1H3,(H,20,22). The van der Waals surface area contributed by atoms with Crippen molar-refractivity contribution in [2.75, 3.05) is 22.5 Å². The summed E-state index contributed by atoms with van der Waals surface area (Å²) in [7, 11) is 0. The highest BCUT2D eigenvalue weighted by atomic mass is 32.2. The van der Waals surface area contributed by atoms with E-state index in [1.165, 1.54) is 17.3 Å². The van der Waals surface area contributed by atoms with Crippen molar-refractivity contribution in [3.63, 3.8) is 0 Å². The first kappa shape index (κ1) is 16.6. The molecule has 124 valence electrons. The number of thioether (sulfide) groups is 1. The zero-order valence-electron chi connectivity index (χ0n) is 13.6. The Morgan fingerprint density at radius 2 is 2.00 bits per heavy atom. The number of nitrogens with zero attached hydrogens (tertiary/aromatic N) is 1. The van der Waals surface area contributed by atoms with Gasteiger partial charge in [0.05, 0.1) is 5.75 Å². The van der Waals surface area contributed by atoms with Crippen LogP contribution in [0.3, 0.4) is 0 Å². The fourth-order valence-corrected chi connectivity index (χ4v) is 3.35. The third-order valence-corrected chi connectivity index (χ3v) is 4.92. The van der Waals surface area contributed by atoms with E-state index < -0.39 is 0 Å². The van der Waals surface area contributed by atoms with Gasteiger partial charge < -0.3 is 10.2 Å². The molecule has 0 spiro atoms. The number of hydrogen-bond acceptors (Lipinski definition) is 3.